The molecule has 0 saturated heterocycles. The number of phenolic OH excluding ortho intramolecular Hbond substituents is 1. The van der Waals surface area contributed by atoms with E-state index in [0.717, 1.165) is 5.56 Å². The summed E-state index contributed by atoms with van der Waals surface area (Å²) in [6.45, 7) is 0. The van der Waals surface area contributed by atoms with Crippen LogP contribution >= 0.6 is 0 Å². The number of phenols is 1. The molecule has 0 aromatic heterocycles. The lowest BCUT2D eigenvalue weighted by Crippen LogP contribution is -2.01. The third-order valence-corrected chi connectivity index (χ3v) is 3.89. The van der Waals surface area contributed by atoms with E-state index in [0.29, 0.717) is 10.6 Å². The Morgan fingerprint density at radius 1 is 1.17 bits per heavy atom. The second-order valence-corrected chi connectivity index (χ2v) is 5.26. The Morgan fingerprint density at radius 2 is 1.83 bits per heavy atom. The molecule has 2 rings (SSSR count). The highest BCUT2D eigenvalue weighted by molar-refractivity contribution is 7.84. The van der Waals surface area contributed by atoms with Crippen molar-refractivity contribution in [3.63, 3.8) is 0 Å². The van der Waals surface area contributed by atoms with Crippen molar-refractivity contribution in [2.24, 2.45) is 0 Å². The molecule has 0 radical (unpaired) electrons. The molecule has 0 fully saturated rings. The molecule has 1 atom stereocenters. The van der Waals surface area contributed by atoms with Crippen molar-refractivity contribution in [1.29, 1.82) is 0 Å². The van der Waals surface area contributed by atoms with E-state index >= 15 is 0 Å². The first-order valence-corrected chi connectivity index (χ1v) is 6.59. The predicted molar refractivity (Wildman–Crippen MR) is 69.0 cm³/mol. The maximum Gasteiger partial charge on any atom is 0.124 e. The van der Waals surface area contributed by atoms with Gasteiger partial charge >= 0.3 is 0 Å². The Labute approximate surface area is 107 Å². The topological polar surface area (TPSA) is 63.3 Å². The molecular formula is C13H12FNO2S. The Bertz CT molecular complexity index is 584. The van der Waals surface area contributed by atoms with E-state index in [-0.39, 0.29) is 11.5 Å². The summed E-state index contributed by atoms with van der Waals surface area (Å²) in [6, 6.07) is 10.2. The minimum atomic E-state index is -1.41. The van der Waals surface area contributed by atoms with Crippen LogP contribution in [-0.4, -0.2) is 9.32 Å². The fourth-order valence-corrected chi connectivity index (χ4v) is 2.75. The highest BCUT2D eigenvalue weighted by Gasteiger charge is 2.10. The minimum absolute atomic E-state index is 0.148. The van der Waals surface area contributed by atoms with E-state index in [9.17, 15) is 8.60 Å². The summed E-state index contributed by atoms with van der Waals surface area (Å²) in [5.74, 6) is -0.0819. The van der Waals surface area contributed by atoms with Gasteiger partial charge in [-0.1, -0.05) is 12.1 Å². The van der Waals surface area contributed by atoms with Gasteiger partial charge in [0.15, 0.2) is 0 Å². The zero-order chi connectivity index (χ0) is 13.1. The third-order valence-electron chi connectivity index (χ3n) is 2.45. The minimum Gasteiger partial charge on any atom is -0.508 e. The SMILES string of the molecule is Nc1ccc(F)cc1S(=O)Cc1ccc(O)cc1. The van der Waals surface area contributed by atoms with E-state index in [2.05, 4.69) is 0 Å². The van der Waals surface area contributed by atoms with Crippen molar-refractivity contribution < 1.29 is 13.7 Å². The summed E-state index contributed by atoms with van der Waals surface area (Å²) in [7, 11) is -1.41. The zero-order valence-corrected chi connectivity index (χ0v) is 10.3. The number of rotatable bonds is 3. The number of halogens is 1. The molecule has 0 spiro atoms. The van der Waals surface area contributed by atoms with E-state index < -0.39 is 16.6 Å². The molecule has 18 heavy (non-hydrogen) atoms. The highest BCUT2D eigenvalue weighted by atomic mass is 32.2. The van der Waals surface area contributed by atoms with Crippen LogP contribution in [0.5, 0.6) is 5.75 Å². The first-order valence-electron chi connectivity index (χ1n) is 5.27. The Kier molecular flexibility index (Phi) is 3.62. The van der Waals surface area contributed by atoms with Crippen molar-refractivity contribution in [2.75, 3.05) is 5.73 Å². The number of nitrogens with two attached hydrogens (primary N) is 1. The zero-order valence-electron chi connectivity index (χ0n) is 9.47. The lowest BCUT2D eigenvalue weighted by Gasteiger charge is -2.06. The van der Waals surface area contributed by atoms with Crippen LogP contribution in [-0.2, 0) is 16.6 Å². The maximum absolute atomic E-state index is 13.1. The van der Waals surface area contributed by atoms with Crippen LogP contribution in [0.4, 0.5) is 10.1 Å². The summed E-state index contributed by atoms with van der Waals surface area (Å²) in [6.07, 6.45) is 0. The Hall–Kier alpha value is -1.88. The lowest BCUT2D eigenvalue weighted by atomic mass is 10.2. The van der Waals surface area contributed by atoms with Gasteiger partial charge in [-0.3, -0.25) is 4.21 Å². The standard InChI is InChI=1S/C13H12FNO2S/c14-10-3-6-12(15)13(7-10)18(17)8-9-1-4-11(16)5-2-9/h1-7,16H,8,15H2. The van der Waals surface area contributed by atoms with E-state index in [1.54, 1.807) is 12.1 Å². The molecule has 1 unspecified atom stereocenters. The van der Waals surface area contributed by atoms with E-state index in [1.165, 1.54) is 30.3 Å². The van der Waals surface area contributed by atoms with Crippen molar-refractivity contribution in [1.82, 2.24) is 0 Å². The summed E-state index contributed by atoms with van der Waals surface area (Å²) in [5, 5.41) is 9.14. The highest BCUT2D eigenvalue weighted by Crippen LogP contribution is 2.21. The second-order valence-electron chi connectivity index (χ2n) is 3.84. The molecule has 0 amide bonds. The Balaban J connectivity index is 2.21. The van der Waals surface area contributed by atoms with Crippen LogP contribution in [0.1, 0.15) is 5.56 Å². The molecule has 0 heterocycles. The fourth-order valence-electron chi connectivity index (χ4n) is 1.53. The molecule has 3 nitrogen and oxygen atoms in total. The third kappa shape index (κ3) is 2.87. The van der Waals surface area contributed by atoms with Gasteiger partial charge in [-0.05, 0) is 35.9 Å². The molecule has 0 aliphatic heterocycles. The van der Waals surface area contributed by atoms with Crippen LogP contribution in [0.15, 0.2) is 47.4 Å². The predicted octanol–water partition coefficient (Wildman–Crippen LogP) is 2.42. The first-order chi connectivity index (χ1) is 8.56. The molecule has 0 saturated carbocycles. The molecular weight excluding hydrogens is 253 g/mol. The average molecular weight is 265 g/mol. The van der Waals surface area contributed by atoms with Crippen LogP contribution in [0.25, 0.3) is 0 Å². The molecule has 0 aliphatic carbocycles. The number of hydrogen-bond donors (Lipinski definition) is 2. The van der Waals surface area contributed by atoms with Crippen molar-refractivity contribution in [2.45, 2.75) is 10.6 Å². The van der Waals surface area contributed by atoms with Gasteiger partial charge < -0.3 is 10.8 Å². The second kappa shape index (κ2) is 5.18. The average Bonchev–Trinajstić information content (AvgIpc) is 2.35. The molecule has 5 heteroatoms. The summed E-state index contributed by atoms with van der Waals surface area (Å²) in [5.41, 5.74) is 6.77. The lowest BCUT2D eigenvalue weighted by molar-refractivity contribution is 0.475. The van der Waals surface area contributed by atoms with E-state index in [1.807, 2.05) is 0 Å². The molecule has 3 N–H and O–H groups in total. The van der Waals surface area contributed by atoms with Crippen molar-refractivity contribution in [3.8, 4) is 5.75 Å². The Morgan fingerprint density at radius 3 is 2.50 bits per heavy atom. The molecule has 0 bridgehead atoms. The number of nitrogen functional groups attached to an aromatic ring is 1. The smallest absolute Gasteiger partial charge is 0.124 e. The number of hydrogen-bond acceptors (Lipinski definition) is 3. The van der Waals surface area contributed by atoms with Gasteiger partial charge in [0.25, 0.3) is 0 Å². The largest absolute Gasteiger partial charge is 0.508 e. The molecule has 2 aromatic carbocycles. The van der Waals surface area contributed by atoms with E-state index in [4.69, 9.17) is 10.8 Å². The van der Waals surface area contributed by atoms with Gasteiger partial charge in [-0.15, -0.1) is 0 Å². The monoisotopic (exact) mass is 265 g/mol. The normalized spacial score (nSPS) is 12.3. The summed E-state index contributed by atoms with van der Waals surface area (Å²) in [4.78, 5) is 0.295. The van der Waals surface area contributed by atoms with Crippen LogP contribution < -0.4 is 5.73 Å². The van der Waals surface area contributed by atoms with Crippen molar-refractivity contribution >= 4 is 16.5 Å². The molecule has 94 valence electrons. The first kappa shape index (κ1) is 12.6. The van der Waals surface area contributed by atoms with Gasteiger partial charge in [0.05, 0.1) is 21.4 Å². The van der Waals surface area contributed by atoms with Crippen LogP contribution in [0.2, 0.25) is 0 Å². The quantitative estimate of drug-likeness (QED) is 0.838. The molecule has 0 aliphatic rings. The maximum atomic E-state index is 13.1. The summed E-state index contributed by atoms with van der Waals surface area (Å²) >= 11 is 0. The number of anilines is 1. The molecule has 2 aromatic rings. The number of aromatic hydroxyl groups is 1. The number of benzene rings is 2. The van der Waals surface area contributed by atoms with Crippen LogP contribution in [0, 0.1) is 5.82 Å². The van der Waals surface area contributed by atoms with Gasteiger partial charge in [-0.2, -0.15) is 0 Å². The van der Waals surface area contributed by atoms with Gasteiger partial charge in [0, 0.05) is 5.69 Å². The van der Waals surface area contributed by atoms with Gasteiger partial charge in [0.1, 0.15) is 11.6 Å². The van der Waals surface area contributed by atoms with Gasteiger partial charge in [-0.25, -0.2) is 4.39 Å². The summed E-state index contributed by atoms with van der Waals surface area (Å²) < 4.78 is 25.2. The van der Waals surface area contributed by atoms with Gasteiger partial charge in [0.2, 0.25) is 0 Å². The van der Waals surface area contributed by atoms with Crippen molar-refractivity contribution in [3.05, 3.63) is 53.8 Å². The van der Waals surface area contributed by atoms with Crippen LogP contribution in [0.3, 0.4) is 0 Å². The fraction of sp³-hybridized carbons (Fsp3) is 0.0769.